The van der Waals surface area contributed by atoms with Crippen LogP contribution in [0.25, 0.3) is 28.0 Å². The summed E-state index contributed by atoms with van der Waals surface area (Å²) in [5.41, 5.74) is 7.72. The van der Waals surface area contributed by atoms with Crippen LogP contribution in [0.2, 0.25) is 0 Å². The predicted molar refractivity (Wildman–Crippen MR) is 93.5 cm³/mol. The lowest BCUT2D eigenvalue weighted by Gasteiger charge is -2.22. The summed E-state index contributed by atoms with van der Waals surface area (Å²) in [6, 6.07) is 16.6. The van der Waals surface area contributed by atoms with Crippen LogP contribution in [0.3, 0.4) is 0 Å². The van der Waals surface area contributed by atoms with Gasteiger partial charge in [-0.1, -0.05) is 48.2 Å². The van der Waals surface area contributed by atoms with Gasteiger partial charge in [-0.3, -0.25) is 0 Å². The van der Waals surface area contributed by atoms with Crippen molar-refractivity contribution < 1.29 is 4.74 Å². The molecule has 2 aliphatic rings. The fourth-order valence-electron chi connectivity index (χ4n) is 3.33. The Morgan fingerprint density at radius 3 is 2.83 bits per heavy atom. The molecule has 1 aliphatic heterocycles. The second kappa shape index (κ2) is 4.65. The molecule has 0 fully saturated rings. The highest BCUT2D eigenvalue weighted by atomic mass is 16.5. The summed E-state index contributed by atoms with van der Waals surface area (Å²) >= 11 is 0. The molecule has 0 N–H and O–H groups in total. The van der Waals surface area contributed by atoms with Crippen LogP contribution in [0.1, 0.15) is 17.5 Å². The molecule has 0 spiro atoms. The minimum absolute atomic E-state index is 0.729. The molecule has 1 heteroatoms. The molecule has 3 aromatic carbocycles. The van der Waals surface area contributed by atoms with Gasteiger partial charge >= 0.3 is 0 Å². The van der Waals surface area contributed by atoms with E-state index in [4.69, 9.17) is 4.74 Å². The topological polar surface area (TPSA) is 9.23 Å². The standard InChI is InChI=1S/C22H12O/c1-2-4-9-16-15(8-3-1)14-21-22-18(16)11-7-12-19(22)17-10-5-6-13-20(17)23-21/h2,5-7,9-14H,1H2. The zero-order valence-corrected chi connectivity index (χ0v) is 12.4. The van der Waals surface area contributed by atoms with E-state index < -0.39 is 0 Å². The summed E-state index contributed by atoms with van der Waals surface area (Å²) in [5, 5.41) is 2.33. The third-order valence-electron chi connectivity index (χ3n) is 4.34. The van der Waals surface area contributed by atoms with Gasteiger partial charge in [-0.25, -0.2) is 0 Å². The Kier molecular flexibility index (Phi) is 2.50. The average Bonchev–Trinajstić information content (AvgIpc) is 2.57. The maximum absolute atomic E-state index is 6.18. The van der Waals surface area contributed by atoms with E-state index in [1.54, 1.807) is 0 Å². The molecule has 0 unspecified atom stereocenters. The molecule has 0 saturated carbocycles. The zero-order chi connectivity index (χ0) is 15.2. The van der Waals surface area contributed by atoms with Crippen molar-refractivity contribution in [2.45, 2.75) is 6.42 Å². The number of allylic oxidation sites excluding steroid dienone is 1. The molecule has 106 valence electrons. The molecule has 0 aromatic heterocycles. The lowest BCUT2D eigenvalue weighted by molar-refractivity contribution is 0.487. The quantitative estimate of drug-likeness (QED) is 0.305. The zero-order valence-electron chi connectivity index (χ0n) is 12.4. The summed E-state index contributed by atoms with van der Waals surface area (Å²) in [4.78, 5) is 0. The largest absolute Gasteiger partial charge is 0.456 e. The summed E-state index contributed by atoms with van der Waals surface area (Å²) in [6.07, 6.45) is 4.73. The van der Waals surface area contributed by atoms with Crippen LogP contribution in [0.5, 0.6) is 11.5 Å². The Balaban J connectivity index is 1.96. The van der Waals surface area contributed by atoms with Crippen molar-refractivity contribution in [1.82, 2.24) is 0 Å². The van der Waals surface area contributed by atoms with E-state index in [0.717, 1.165) is 40.0 Å². The van der Waals surface area contributed by atoms with Gasteiger partial charge in [-0.15, -0.1) is 5.73 Å². The van der Waals surface area contributed by atoms with Crippen LogP contribution in [-0.2, 0) is 0 Å². The maximum atomic E-state index is 6.18. The van der Waals surface area contributed by atoms with Gasteiger partial charge in [0.2, 0.25) is 0 Å². The molecule has 0 atom stereocenters. The van der Waals surface area contributed by atoms with E-state index in [0.29, 0.717) is 0 Å². The Bertz CT molecular complexity index is 1100. The van der Waals surface area contributed by atoms with Gasteiger partial charge in [0, 0.05) is 28.5 Å². The smallest absolute Gasteiger partial charge is 0.137 e. The third kappa shape index (κ3) is 1.77. The average molecular weight is 292 g/mol. The maximum Gasteiger partial charge on any atom is 0.137 e. The number of hydrogen-bond acceptors (Lipinski definition) is 1. The van der Waals surface area contributed by atoms with Crippen molar-refractivity contribution in [3.05, 3.63) is 71.5 Å². The molecule has 23 heavy (non-hydrogen) atoms. The van der Waals surface area contributed by atoms with Crippen molar-refractivity contribution in [1.29, 1.82) is 0 Å². The van der Waals surface area contributed by atoms with Crippen LogP contribution < -0.4 is 4.74 Å². The third-order valence-corrected chi connectivity index (χ3v) is 4.34. The summed E-state index contributed by atoms with van der Waals surface area (Å²) in [6.45, 7) is 0. The Morgan fingerprint density at radius 1 is 0.913 bits per heavy atom. The van der Waals surface area contributed by atoms with Crippen LogP contribution in [0.4, 0.5) is 0 Å². The molecular formula is C22H12O. The first-order chi connectivity index (χ1) is 11.4. The summed E-state index contributed by atoms with van der Waals surface area (Å²) in [5.74, 6) is 8.23. The molecule has 5 rings (SSSR count). The fraction of sp³-hybridized carbons (Fsp3) is 0.0455. The van der Waals surface area contributed by atoms with Crippen molar-refractivity contribution >= 4 is 16.8 Å². The number of fused-ring (bicyclic) bond motifs is 4. The molecular weight excluding hydrogens is 280 g/mol. The van der Waals surface area contributed by atoms with Gasteiger partial charge < -0.3 is 4.74 Å². The van der Waals surface area contributed by atoms with Crippen LogP contribution in [0, 0.1) is 11.8 Å². The second-order valence-electron chi connectivity index (χ2n) is 5.68. The molecule has 1 nitrogen and oxygen atoms in total. The molecule has 0 saturated heterocycles. The van der Waals surface area contributed by atoms with E-state index in [2.05, 4.69) is 47.9 Å². The summed E-state index contributed by atoms with van der Waals surface area (Å²) in [7, 11) is 0. The van der Waals surface area contributed by atoms with E-state index in [-0.39, 0.29) is 0 Å². The van der Waals surface area contributed by atoms with Crippen molar-refractivity contribution in [2.24, 2.45) is 0 Å². The first-order valence-electron chi connectivity index (χ1n) is 7.68. The molecule has 0 radical (unpaired) electrons. The van der Waals surface area contributed by atoms with E-state index >= 15 is 0 Å². The van der Waals surface area contributed by atoms with Gasteiger partial charge in [-0.05, 0) is 35.2 Å². The Labute approximate surface area is 134 Å². The van der Waals surface area contributed by atoms with Crippen molar-refractivity contribution in [3.63, 3.8) is 0 Å². The number of ether oxygens (including phenoxy) is 1. The van der Waals surface area contributed by atoms with Gasteiger partial charge in [0.05, 0.1) is 0 Å². The number of hydrogen-bond donors (Lipinski definition) is 0. The molecule has 0 amide bonds. The second-order valence-corrected chi connectivity index (χ2v) is 5.68. The van der Waals surface area contributed by atoms with E-state index in [1.807, 2.05) is 30.4 Å². The van der Waals surface area contributed by atoms with Gasteiger partial charge in [0.25, 0.3) is 0 Å². The van der Waals surface area contributed by atoms with E-state index in [9.17, 15) is 0 Å². The molecule has 0 bridgehead atoms. The SMILES string of the molecule is C1=CCC#Cc2cc3c4c(cccc4c2C=1)-c1ccccc1O3. The van der Waals surface area contributed by atoms with Gasteiger partial charge in [-0.2, -0.15) is 0 Å². The van der Waals surface area contributed by atoms with Gasteiger partial charge in [0.1, 0.15) is 11.5 Å². The monoisotopic (exact) mass is 292 g/mol. The van der Waals surface area contributed by atoms with Crippen LogP contribution >= 0.6 is 0 Å². The Morgan fingerprint density at radius 2 is 1.83 bits per heavy atom. The summed E-state index contributed by atoms with van der Waals surface area (Å²) < 4.78 is 6.18. The molecule has 1 heterocycles. The first kappa shape index (κ1) is 12.4. The van der Waals surface area contributed by atoms with Gasteiger partial charge in [0.15, 0.2) is 0 Å². The molecule has 1 aliphatic carbocycles. The number of benzene rings is 3. The van der Waals surface area contributed by atoms with Crippen LogP contribution in [0.15, 0.2) is 60.3 Å². The minimum Gasteiger partial charge on any atom is -0.456 e. The Hall–Kier alpha value is -3.20. The lowest BCUT2D eigenvalue weighted by Crippen LogP contribution is -1.99. The highest BCUT2D eigenvalue weighted by Crippen LogP contribution is 2.47. The van der Waals surface area contributed by atoms with Crippen LogP contribution in [-0.4, -0.2) is 0 Å². The number of rotatable bonds is 0. The normalized spacial score (nSPS) is 13.2. The minimum atomic E-state index is 0.729. The number of para-hydroxylation sites is 1. The van der Waals surface area contributed by atoms with E-state index in [1.165, 1.54) is 10.9 Å². The predicted octanol–water partition coefficient (Wildman–Crippen LogP) is 5.54. The fourth-order valence-corrected chi connectivity index (χ4v) is 3.33. The van der Waals surface area contributed by atoms with Crippen molar-refractivity contribution in [2.75, 3.05) is 0 Å². The first-order valence-corrected chi connectivity index (χ1v) is 7.68. The van der Waals surface area contributed by atoms with Crippen molar-refractivity contribution in [3.8, 4) is 34.5 Å². The highest BCUT2D eigenvalue weighted by Gasteiger charge is 2.21. The molecule has 3 aromatic rings. The highest BCUT2D eigenvalue weighted by molar-refractivity contribution is 6.08. The lowest BCUT2D eigenvalue weighted by atomic mass is 9.90.